The van der Waals surface area contributed by atoms with Gasteiger partial charge in [0.05, 0.1) is 41.5 Å². The van der Waals surface area contributed by atoms with E-state index in [0.717, 1.165) is 4.90 Å². The topological polar surface area (TPSA) is 87.9 Å². The Hall–Kier alpha value is -4.95. The van der Waals surface area contributed by atoms with Crippen molar-refractivity contribution < 1.29 is 49.1 Å². The summed E-state index contributed by atoms with van der Waals surface area (Å²) < 4.78 is 119. The average Bonchev–Trinajstić information content (AvgIpc) is 3.60. The number of rotatable bonds is 6. The summed E-state index contributed by atoms with van der Waals surface area (Å²) >= 11 is 0. The van der Waals surface area contributed by atoms with Crippen molar-refractivity contribution in [1.82, 2.24) is 9.88 Å². The normalized spacial score (nSPS) is 17.4. The number of H-pyrrole nitrogens is 1. The number of amides is 1. The molecule has 0 fully saturated rings. The van der Waals surface area contributed by atoms with Crippen LogP contribution in [0.25, 0.3) is 11.1 Å². The quantitative estimate of drug-likeness (QED) is 0.225. The maximum Gasteiger partial charge on any atom is 0.417 e. The maximum absolute atomic E-state index is 14.3. The summed E-state index contributed by atoms with van der Waals surface area (Å²) in [4.78, 5) is 33.2. The van der Waals surface area contributed by atoms with Crippen LogP contribution in [-0.4, -0.2) is 40.5 Å². The molecule has 0 unspecified atom stereocenters. The van der Waals surface area contributed by atoms with Gasteiger partial charge in [-0.1, -0.05) is 18.2 Å². The number of aromatic amines is 1. The van der Waals surface area contributed by atoms with Crippen LogP contribution in [0, 0.1) is 0 Å². The molecule has 0 spiro atoms. The molecule has 0 saturated carbocycles. The van der Waals surface area contributed by atoms with E-state index in [1.54, 1.807) is 18.2 Å². The van der Waals surface area contributed by atoms with Crippen molar-refractivity contribution in [3.8, 4) is 11.5 Å². The number of oxazole rings is 1. The number of aromatic nitrogens is 1. The minimum atomic E-state index is -5.08. The van der Waals surface area contributed by atoms with Crippen LogP contribution in [-0.2, 0) is 17.1 Å². The molecule has 6 rings (SSSR count). The molecular weight excluding hydrogens is 618 g/mol. The number of nitrogens with zero attached hydrogens (tertiary/aromatic N) is 2. The van der Waals surface area contributed by atoms with E-state index < -0.39 is 59.4 Å². The minimum absolute atomic E-state index is 0.0314. The van der Waals surface area contributed by atoms with Crippen LogP contribution < -0.4 is 10.5 Å². The van der Waals surface area contributed by atoms with Gasteiger partial charge in [-0.2, -0.15) is 26.3 Å². The third-order valence-electron chi connectivity index (χ3n) is 7.22. The molecule has 2 aliphatic heterocycles. The lowest BCUT2D eigenvalue weighted by atomic mass is 9.91. The third kappa shape index (κ3) is 5.69. The summed E-state index contributed by atoms with van der Waals surface area (Å²) in [7, 11) is 0. The molecule has 15 heteroatoms. The first-order valence-electron chi connectivity index (χ1n) is 13.2. The highest BCUT2D eigenvalue weighted by molar-refractivity contribution is 6.25. The number of halogens is 8. The van der Waals surface area contributed by atoms with Gasteiger partial charge in [0.25, 0.3) is 11.8 Å². The summed E-state index contributed by atoms with van der Waals surface area (Å²) in [6, 6.07) is 9.64. The Morgan fingerprint density at radius 1 is 0.911 bits per heavy atom. The number of fused-ring (bicyclic) bond motifs is 1. The van der Waals surface area contributed by atoms with Crippen molar-refractivity contribution in [1.29, 1.82) is 0 Å². The summed E-state index contributed by atoms with van der Waals surface area (Å²) in [6.45, 7) is -0.454. The number of carbonyl (C=O) groups excluding carboxylic acids is 1. The predicted octanol–water partition coefficient (Wildman–Crippen LogP) is 7.29. The van der Waals surface area contributed by atoms with Gasteiger partial charge >= 0.3 is 18.1 Å². The molecule has 0 bridgehead atoms. The van der Waals surface area contributed by atoms with Gasteiger partial charge in [0.1, 0.15) is 11.5 Å². The maximum atomic E-state index is 14.3. The average molecular weight is 637 g/mol. The number of alkyl halides is 8. The SMILES string of the molecule is CC(F)(F)CN1C(=O)C2=C(C(c3cccc4[nH]c(=O)oc34)=NC2)[C@@H]1c1ccc(Oc2cc(C(F)(F)F)cc(C(F)(F)F)c2)cc1. The second-order valence-corrected chi connectivity index (χ2v) is 10.6. The van der Waals surface area contributed by atoms with Gasteiger partial charge in [-0.05, 0) is 48.0 Å². The first-order valence-corrected chi connectivity index (χ1v) is 13.2. The largest absolute Gasteiger partial charge is 0.457 e. The van der Waals surface area contributed by atoms with Gasteiger partial charge in [-0.3, -0.25) is 14.8 Å². The van der Waals surface area contributed by atoms with Gasteiger partial charge in [-0.25, -0.2) is 13.6 Å². The van der Waals surface area contributed by atoms with Gasteiger partial charge in [0.2, 0.25) is 0 Å². The summed E-state index contributed by atoms with van der Waals surface area (Å²) in [5.74, 6) is -5.63. The number of carbonyl (C=O) groups is 1. The van der Waals surface area contributed by atoms with E-state index in [1.165, 1.54) is 24.3 Å². The van der Waals surface area contributed by atoms with Gasteiger partial charge < -0.3 is 14.1 Å². The Morgan fingerprint density at radius 3 is 2.16 bits per heavy atom. The lowest BCUT2D eigenvalue weighted by Gasteiger charge is -2.30. The summed E-state index contributed by atoms with van der Waals surface area (Å²) in [5, 5.41) is 0. The second-order valence-electron chi connectivity index (χ2n) is 10.6. The van der Waals surface area contributed by atoms with Crippen LogP contribution in [0.15, 0.2) is 86.0 Å². The molecule has 1 N–H and O–H groups in total. The number of nitrogens with one attached hydrogen (secondary N) is 1. The molecular formula is C30H19F8N3O4. The Bertz CT molecular complexity index is 1910. The van der Waals surface area contributed by atoms with Crippen molar-refractivity contribution in [2.45, 2.75) is 31.2 Å². The molecule has 45 heavy (non-hydrogen) atoms. The molecule has 7 nitrogen and oxygen atoms in total. The zero-order valence-electron chi connectivity index (χ0n) is 22.8. The van der Waals surface area contributed by atoms with Crippen molar-refractivity contribution in [3.63, 3.8) is 0 Å². The van der Waals surface area contributed by atoms with Crippen molar-refractivity contribution in [2.75, 3.05) is 13.1 Å². The number of hydrogen-bond acceptors (Lipinski definition) is 5. The van der Waals surface area contributed by atoms with E-state index in [2.05, 4.69) is 9.98 Å². The summed E-state index contributed by atoms with van der Waals surface area (Å²) in [5.41, 5.74) is -1.34. The Kier molecular flexibility index (Phi) is 6.89. The van der Waals surface area contributed by atoms with E-state index in [9.17, 15) is 44.7 Å². The van der Waals surface area contributed by atoms with E-state index in [0.29, 0.717) is 35.7 Å². The smallest absolute Gasteiger partial charge is 0.417 e. The van der Waals surface area contributed by atoms with Gasteiger partial charge in [0.15, 0.2) is 5.58 Å². The number of ether oxygens (including phenoxy) is 1. The molecule has 1 aromatic heterocycles. The highest BCUT2D eigenvalue weighted by Crippen LogP contribution is 2.45. The highest BCUT2D eigenvalue weighted by atomic mass is 19.4. The fourth-order valence-electron chi connectivity index (χ4n) is 5.43. The Balaban J connectivity index is 1.38. The first-order chi connectivity index (χ1) is 21.0. The standard InChI is InChI=1S/C30H19F8N3O4/c1-28(31,32)13-41-24(22-20(26(41)42)12-39-23(22)19-3-2-4-21-25(19)45-27(43)40-21)14-5-7-17(8-6-14)44-18-10-15(29(33,34)35)9-16(11-18)30(36,37)38/h2-11,24H,12-13H2,1H3,(H,40,43)/t24-/m0/s1. The Morgan fingerprint density at radius 2 is 1.56 bits per heavy atom. The monoisotopic (exact) mass is 637 g/mol. The number of hydrogen-bond donors (Lipinski definition) is 1. The fourth-order valence-corrected chi connectivity index (χ4v) is 5.43. The van der Waals surface area contributed by atoms with Crippen LogP contribution in [0.4, 0.5) is 35.1 Å². The number of para-hydroxylation sites is 1. The molecule has 3 heterocycles. The third-order valence-corrected chi connectivity index (χ3v) is 7.22. The molecule has 4 aromatic rings. The molecule has 1 atom stereocenters. The number of benzene rings is 3. The van der Waals surface area contributed by atoms with Crippen LogP contribution in [0.5, 0.6) is 11.5 Å². The zero-order chi connectivity index (χ0) is 32.5. The van der Waals surface area contributed by atoms with Crippen molar-refractivity contribution in [2.24, 2.45) is 4.99 Å². The molecule has 2 aliphatic rings. The van der Waals surface area contributed by atoms with E-state index in [4.69, 9.17) is 9.15 Å². The Labute approximate surface area is 247 Å². The molecule has 234 valence electrons. The molecule has 0 radical (unpaired) electrons. The van der Waals surface area contributed by atoms with Crippen LogP contribution in [0.1, 0.15) is 35.2 Å². The molecule has 0 saturated heterocycles. The highest BCUT2D eigenvalue weighted by Gasteiger charge is 2.47. The van der Waals surface area contributed by atoms with Crippen LogP contribution >= 0.6 is 0 Å². The van der Waals surface area contributed by atoms with Gasteiger partial charge in [0, 0.05) is 23.6 Å². The summed E-state index contributed by atoms with van der Waals surface area (Å²) in [6.07, 6.45) is -10.2. The van der Waals surface area contributed by atoms with Crippen LogP contribution in [0.2, 0.25) is 0 Å². The van der Waals surface area contributed by atoms with E-state index in [-0.39, 0.29) is 40.8 Å². The van der Waals surface area contributed by atoms with Crippen molar-refractivity contribution >= 4 is 22.7 Å². The second kappa shape index (κ2) is 10.3. The molecule has 0 aliphatic carbocycles. The zero-order valence-corrected chi connectivity index (χ0v) is 22.8. The lowest BCUT2D eigenvalue weighted by molar-refractivity contribution is -0.143. The van der Waals surface area contributed by atoms with E-state index >= 15 is 0 Å². The lowest BCUT2D eigenvalue weighted by Crippen LogP contribution is -2.40. The minimum Gasteiger partial charge on any atom is -0.457 e. The first kappa shape index (κ1) is 30.1. The van der Waals surface area contributed by atoms with E-state index in [1.807, 2.05) is 0 Å². The molecule has 3 aromatic carbocycles. The fraction of sp³-hybridized carbons (Fsp3) is 0.233. The number of aliphatic imine (C=N–C) groups is 1. The van der Waals surface area contributed by atoms with Crippen molar-refractivity contribution in [3.05, 3.63) is 105 Å². The van der Waals surface area contributed by atoms with Crippen LogP contribution in [0.3, 0.4) is 0 Å². The van der Waals surface area contributed by atoms with Gasteiger partial charge in [-0.15, -0.1) is 0 Å². The molecule has 1 amide bonds. The predicted molar refractivity (Wildman–Crippen MR) is 143 cm³/mol.